The lowest BCUT2D eigenvalue weighted by molar-refractivity contribution is -0.138. The van der Waals surface area contributed by atoms with E-state index in [1.54, 1.807) is 11.6 Å². The number of hydrogen-bond donors (Lipinski definition) is 4. The predicted octanol–water partition coefficient (Wildman–Crippen LogP) is 4.35. The van der Waals surface area contributed by atoms with Crippen molar-refractivity contribution in [1.29, 1.82) is 0 Å². The van der Waals surface area contributed by atoms with Gasteiger partial charge < -0.3 is 14.8 Å². The lowest BCUT2D eigenvalue weighted by Crippen LogP contribution is -2.22. The number of hydrogen-bond acceptors (Lipinski definition) is 5. The van der Waals surface area contributed by atoms with Crippen LogP contribution in [0.4, 0.5) is 0 Å². The minimum absolute atomic E-state index is 0.311. The molecule has 0 unspecified atom stereocenters. The molecule has 2 rings (SSSR count). The average molecular weight is 481 g/mol. The number of nitrogens with one attached hydrogen (secondary N) is 2. The third kappa shape index (κ3) is 13.6. The van der Waals surface area contributed by atoms with Crippen LogP contribution in [0.2, 0.25) is 0 Å². The first-order valence-corrected chi connectivity index (χ1v) is 12.4. The molecule has 2 aromatic heterocycles. The Labute approximate surface area is 199 Å². The van der Waals surface area contributed by atoms with Crippen molar-refractivity contribution >= 4 is 23.1 Å². The fourth-order valence-electron chi connectivity index (χ4n) is 3.76. The lowest BCUT2D eigenvalue weighted by atomic mass is 10.0. The first kappa shape index (κ1) is 29.1. The molecule has 192 valence electrons. The molecule has 0 fully saturated rings. The number of H-pyrrole nitrogens is 2. The van der Waals surface area contributed by atoms with E-state index in [-0.39, 0.29) is 0 Å². The number of imidazole rings is 1. The van der Waals surface area contributed by atoms with Gasteiger partial charge in [0.25, 0.3) is 5.56 Å². The van der Waals surface area contributed by atoms with Crippen molar-refractivity contribution in [1.82, 2.24) is 19.5 Å². The molecule has 10 heteroatoms. The molecule has 0 aliphatic rings. The normalized spacial score (nSPS) is 10.7. The van der Waals surface area contributed by atoms with Crippen LogP contribution in [0.25, 0.3) is 11.2 Å². The Morgan fingerprint density at radius 2 is 1.12 bits per heavy atom. The van der Waals surface area contributed by atoms with Crippen molar-refractivity contribution < 1.29 is 19.8 Å². The third-order valence-corrected chi connectivity index (χ3v) is 5.64. The summed E-state index contributed by atoms with van der Waals surface area (Å²) in [4.78, 5) is 50.9. The van der Waals surface area contributed by atoms with E-state index in [4.69, 9.17) is 10.2 Å². The van der Waals surface area contributed by atoms with Gasteiger partial charge in [0.05, 0.1) is 6.33 Å². The summed E-state index contributed by atoms with van der Waals surface area (Å²) >= 11 is 0. The molecule has 0 aromatic carbocycles. The molecule has 0 bridgehead atoms. The number of aromatic nitrogens is 4. The van der Waals surface area contributed by atoms with Crippen molar-refractivity contribution in [2.24, 2.45) is 7.05 Å². The van der Waals surface area contributed by atoms with Crippen LogP contribution >= 0.6 is 0 Å². The minimum atomic E-state index is -0.679. The molecule has 0 radical (unpaired) electrons. The largest absolute Gasteiger partial charge is 0.481 e. The van der Waals surface area contributed by atoms with Gasteiger partial charge in [-0.05, 0) is 12.8 Å². The average Bonchev–Trinajstić information content (AvgIpc) is 3.14. The van der Waals surface area contributed by atoms with E-state index in [0.717, 1.165) is 25.7 Å². The molecule has 2 aromatic rings. The summed E-state index contributed by atoms with van der Waals surface area (Å²) in [5, 5.41) is 17.0. The number of aromatic amines is 2. The quantitative estimate of drug-likeness (QED) is 0.245. The molecule has 0 aliphatic carbocycles. The molecular weight excluding hydrogens is 440 g/mol. The summed E-state index contributed by atoms with van der Waals surface area (Å²) in [6, 6.07) is 0. The second-order valence-corrected chi connectivity index (χ2v) is 8.70. The number of unbranched alkanes of at least 4 members (excludes halogenated alkanes) is 13. The van der Waals surface area contributed by atoms with Crippen LogP contribution in [-0.4, -0.2) is 41.7 Å². The molecule has 0 saturated carbocycles. The number of aliphatic carboxylic acids is 2. The van der Waals surface area contributed by atoms with E-state index in [9.17, 15) is 19.2 Å². The zero-order valence-corrected chi connectivity index (χ0v) is 20.3. The SMILES string of the molecule is Cn1cnc2[nH]c(=O)[nH]c(=O)c21.O=C(O)CCCCCCCCCCCCCCCCC(=O)O. The summed E-state index contributed by atoms with van der Waals surface area (Å²) in [5.74, 6) is -1.36. The number of carbonyl (C=O) groups is 2. The molecule has 0 saturated heterocycles. The van der Waals surface area contributed by atoms with Gasteiger partial charge in [-0.3, -0.25) is 24.4 Å². The molecule has 0 atom stereocenters. The number of carboxylic acid groups (broad SMARTS) is 2. The number of rotatable bonds is 17. The summed E-state index contributed by atoms with van der Waals surface area (Å²) < 4.78 is 1.55. The second kappa shape index (κ2) is 17.6. The zero-order chi connectivity index (χ0) is 25.2. The van der Waals surface area contributed by atoms with Gasteiger partial charge in [-0.2, -0.15) is 0 Å². The smallest absolute Gasteiger partial charge is 0.327 e. The standard InChI is InChI=1S/C18H34O4.C6H6N4O2/c19-17(20)15-13-11-9-7-5-3-1-2-4-6-8-10-12-14-16-18(21)22;1-10-2-7-4-3(10)5(11)9-6(12)8-4/h1-16H2,(H,19,20)(H,21,22);2H,1H3,(H2,8,9,11,12). The molecule has 10 nitrogen and oxygen atoms in total. The maximum Gasteiger partial charge on any atom is 0.327 e. The Balaban J connectivity index is 0.000000398. The summed E-state index contributed by atoms with van der Waals surface area (Å²) in [7, 11) is 1.68. The summed E-state index contributed by atoms with van der Waals surface area (Å²) in [5.41, 5.74) is -0.277. The van der Waals surface area contributed by atoms with E-state index >= 15 is 0 Å². The molecule has 0 spiro atoms. The molecule has 0 amide bonds. The highest BCUT2D eigenvalue weighted by molar-refractivity contribution is 5.68. The van der Waals surface area contributed by atoms with Crippen molar-refractivity contribution in [3.8, 4) is 0 Å². The van der Waals surface area contributed by atoms with Crippen molar-refractivity contribution in [3.63, 3.8) is 0 Å². The molecular formula is C24H40N4O6. The number of nitrogens with zero attached hydrogens (tertiary/aromatic N) is 2. The van der Waals surface area contributed by atoms with Gasteiger partial charge >= 0.3 is 17.6 Å². The van der Waals surface area contributed by atoms with E-state index in [0.29, 0.717) is 24.0 Å². The van der Waals surface area contributed by atoms with Gasteiger partial charge in [0.1, 0.15) is 0 Å². The summed E-state index contributed by atoms with van der Waals surface area (Å²) in [6.07, 6.45) is 18.5. The van der Waals surface area contributed by atoms with Crippen LogP contribution in [0, 0.1) is 0 Å². The molecule has 34 heavy (non-hydrogen) atoms. The highest BCUT2D eigenvalue weighted by Crippen LogP contribution is 2.13. The van der Waals surface area contributed by atoms with Gasteiger partial charge in [0, 0.05) is 19.9 Å². The van der Waals surface area contributed by atoms with Crippen molar-refractivity contribution in [2.75, 3.05) is 0 Å². The lowest BCUT2D eigenvalue weighted by Gasteiger charge is -2.03. The van der Waals surface area contributed by atoms with Crippen LogP contribution in [0.3, 0.4) is 0 Å². The maximum absolute atomic E-state index is 11.1. The van der Waals surface area contributed by atoms with Crippen LogP contribution in [0.5, 0.6) is 0 Å². The van der Waals surface area contributed by atoms with Crippen molar-refractivity contribution in [2.45, 2.75) is 103 Å². The Morgan fingerprint density at radius 3 is 1.50 bits per heavy atom. The Kier molecular flexibility index (Phi) is 15.0. The van der Waals surface area contributed by atoms with E-state index in [1.165, 1.54) is 70.5 Å². The van der Waals surface area contributed by atoms with E-state index in [2.05, 4.69) is 15.0 Å². The van der Waals surface area contributed by atoms with Gasteiger partial charge in [0.2, 0.25) is 0 Å². The number of fused-ring (bicyclic) bond motifs is 1. The fourth-order valence-corrected chi connectivity index (χ4v) is 3.76. The molecule has 2 heterocycles. The van der Waals surface area contributed by atoms with Crippen LogP contribution in [0.15, 0.2) is 15.9 Å². The minimum Gasteiger partial charge on any atom is -0.481 e. The first-order chi connectivity index (χ1) is 16.3. The highest BCUT2D eigenvalue weighted by atomic mass is 16.4. The highest BCUT2D eigenvalue weighted by Gasteiger charge is 2.04. The van der Waals surface area contributed by atoms with Gasteiger partial charge in [-0.1, -0.05) is 77.0 Å². The van der Waals surface area contributed by atoms with Gasteiger partial charge in [-0.25, -0.2) is 9.78 Å². The van der Waals surface area contributed by atoms with Crippen LogP contribution < -0.4 is 11.2 Å². The van der Waals surface area contributed by atoms with Crippen LogP contribution in [0.1, 0.15) is 103 Å². The first-order valence-electron chi connectivity index (χ1n) is 12.4. The van der Waals surface area contributed by atoms with Gasteiger partial charge in [0.15, 0.2) is 11.2 Å². The maximum atomic E-state index is 11.1. The number of carboxylic acids is 2. The number of aryl methyl sites for hydroxylation is 1. The summed E-state index contributed by atoms with van der Waals surface area (Å²) in [6.45, 7) is 0. The predicted molar refractivity (Wildman–Crippen MR) is 131 cm³/mol. The topological polar surface area (TPSA) is 158 Å². The Hall–Kier alpha value is -2.91. The van der Waals surface area contributed by atoms with Crippen LogP contribution in [-0.2, 0) is 16.6 Å². The van der Waals surface area contributed by atoms with Gasteiger partial charge in [-0.15, -0.1) is 0 Å². The third-order valence-electron chi connectivity index (χ3n) is 5.64. The zero-order valence-electron chi connectivity index (χ0n) is 20.3. The molecule has 0 aliphatic heterocycles. The monoisotopic (exact) mass is 480 g/mol. The Bertz CT molecular complexity index is 934. The van der Waals surface area contributed by atoms with E-state index in [1.807, 2.05) is 0 Å². The fraction of sp³-hybridized carbons (Fsp3) is 0.708. The van der Waals surface area contributed by atoms with E-state index < -0.39 is 23.2 Å². The second-order valence-electron chi connectivity index (χ2n) is 8.70. The molecule has 4 N–H and O–H groups in total. The Morgan fingerprint density at radius 1 is 0.735 bits per heavy atom. The van der Waals surface area contributed by atoms with Crippen molar-refractivity contribution in [3.05, 3.63) is 27.2 Å².